The first kappa shape index (κ1) is 14.5. The van der Waals surface area contributed by atoms with Crippen LogP contribution in [0.15, 0.2) is 0 Å². The predicted molar refractivity (Wildman–Crippen MR) is 60.6 cm³/mol. The number of hydrogen-bond acceptors (Lipinski definition) is 1. The number of ketones is 1. The first-order chi connectivity index (χ1) is 7.86. The van der Waals surface area contributed by atoms with E-state index in [0.29, 0.717) is 12.8 Å². The summed E-state index contributed by atoms with van der Waals surface area (Å²) in [5, 5.41) is 0. The molecule has 17 heavy (non-hydrogen) atoms. The zero-order valence-electron chi connectivity index (χ0n) is 10.5. The quantitative estimate of drug-likeness (QED) is 0.724. The van der Waals surface area contributed by atoms with Crippen LogP contribution in [0, 0.1) is 17.8 Å². The van der Waals surface area contributed by atoms with Gasteiger partial charge in [-0.2, -0.15) is 13.2 Å². The van der Waals surface area contributed by atoms with Crippen molar-refractivity contribution in [3.05, 3.63) is 0 Å². The molecule has 1 aliphatic rings. The summed E-state index contributed by atoms with van der Waals surface area (Å²) in [6, 6.07) is 0. The topological polar surface area (TPSA) is 17.1 Å². The third-order valence-corrected chi connectivity index (χ3v) is 3.75. The van der Waals surface area contributed by atoms with Gasteiger partial charge in [0.2, 0.25) is 0 Å². The normalized spacial score (nSPS) is 27.8. The fourth-order valence-electron chi connectivity index (χ4n) is 2.72. The molecule has 0 heterocycles. The second-order valence-electron chi connectivity index (χ2n) is 5.19. The van der Waals surface area contributed by atoms with Gasteiger partial charge < -0.3 is 0 Å². The zero-order chi connectivity index (χ0) is 13.1. The van der Waals surface area contributed by atoms with Gasteiger partial charge in [-0.15, -0.1) is 0 Å². The van der Waals surface area contributed by atoms with Crippen LogP contribution >= 0.6 is 0 Å². The Morgan fingerprint density at radius 1 is 1.35 bits per heavy atom. The highest BCUT2D eigenvalue weighted by atomic mass is 19.4. The highest BCUT2D eigenvalue weighted by Gasteiger charge is 2.43. The fourth-order valence-corrected chi connectivity index (χ4v) is 2.72. The molecule has 1 aliphatic carbocycles. The van der Waals surface area contributed by atoms with Crippen LogP contribution in [0.3, 0.4) is 0 Å². The summed E-state index contributed by atoms with van der Waals surface area (Å²) in [6.07, 6.45) is -1.08. The largest absolute Gasteiger partial charge is 0.391 e. The van der Waals surface area contributed by atoms with Gasteiger partial charge in [0.25, 0.3) is 0 Å². The van der Waals surface area contributed by atoms with Crippen LogP contribution in [0.2, 0.25) is 0 Å². The Hall–Kier alpha value is -0.540. The van der Waals surface area contributed by atoms with Crippen LogP contribution in [0.4, 0.5) is 13.2 Å². The fraction of sp³-hybridized carbons (Fsp3) is 0.923. The molecule has 1 fully saturated rings. The standard InChI is InChI=1S/C13H21F3O/c1-3-5-9(2)12(17)10-6-4-7-11(8-10)13(14,15)16/h9-11H,3-8H2,1-2H3. The van der Waals surface area contributed by atoms with E-state index in [1.807, 2.05) is 13.8 Å². The van der Waals surface area contributed by atoms with E-state index in [1.54, 1.807) is 0 Å². The number of alkyl halides is 3. The summed E-state index contributed by atoms with van der Waals surface area (Å²) in [5.41, 5.74) is 0. The van der Waals surface area contributed by atoms with E-state index in [4.69, 9.17) is 0 Å². The van der Waals surface area contributed by atoms with E-state index < -0.39 is 12.1 Å². The molecule has 0 N–H and O–H groups in total. The van der Waals surface area contributed by atoms with Crippen LogP contribution in [0.1, 0.15) is 52.4 Å². The van der Waals surface area contributed by atoms with E-state index >= 15 is 0 Å². The van der Waals surface area contributed by atoms with Gasteiger partial charge in [0.05, 0.1) is 5.92 Å². The number of carbonyl (C=O) groups is 1. The summed E-state index contributed by atoms with van der Waals surface area (Å²) in [6.45, 7) is 3.83. The van der Waals surface area contributed by atoms with E-state index in [0.717, 1.165) is 12.8 Å². The van der Waals surface area contributed by atoms with Crippen molar-refractivity contribution in [3.8, 4) is 0 Å². The van der Waals surface area contributed by atoms with Crippen LogP contribution in [-0.2, 0) is 4.79 Å². The number of rotatable bonds is 4. The van der Waals surface area contributed by atoms with Gasteiger partial charge >= 0.3 is 6.18 Å². The Balaban J connectivity index is 2.57. The maximum absolute atomic E-state index is 12.6. The van der Waals surface area contributed by atoms with Gasteiger partial charge in [0.15, 0.2) is 0 Å². The Morgan fingerprint density at radius 3 is 2.53 bits per heavy atom. The second-order valence-corrected chi connectivity index (χ2v) is 5.19. The van der Waals surface area contributed by atoms with Crippen LogP contribution in [-0.4, -0.2) is 12.0 Å². The third-order valence-electron chi connectivity index (χ3n) is 3.75. The molecule has 0 spiro atoms. The highest BCUT2D eigenvalue weighted by Crippen LogP contribution is 2.40. The minimum atomic E-state index is -4.13. The van der Waals surface area contributed by atoms with Gasteiger partial charge in [0, 0.05) is 11.8 Å². The monoisotopic (exact) mass is 250 g/mol. The molecule has 3 atom stereocenters. The lowest BCUT2D eigenvalue weighted by atomic mass is 9.76. The van der Waals surface area contributed by atoms with E-state index in [2.05, 4.69) is 0 Å². The lowest BCUT2D eigenvalue weighted by molar-refractivity contribution is -0.186. The molecule has 0 saturated heterocycles. The Labute approximate surface area is 101 Å². The molecule has 1 rings (SSSR count). The van der Waals surface area contributed by atoms with Crippen LogP contribution in [0.5, 0.6) is 0 Å². The van der Waals surface area contributed by atoms with Gasteiger partial charge in [-0.3, -0.25) is 4.79 Å². The number of hydrogen-bond donors (Lipinski definition) is 0. The number of carbonyl (C=O) groups excluding carboxylic acids is 1. The van der Waals surface area contributed by atoms with Crippen molar-refractivity contribution in [2.45, 2.75) is 58.5 Å². The average molecular weight is 250 g/mol. The third kappa shape index (κ3) is 4.00. The SMILES string of the molecule is CCCC(C)C(=O)C1CCCC(C(F)(F)F)C1. The summed E-state index contributed by atoms with van der Waals surface area (Å²) in [4.78, 5) is 12.0. The molecule has 100 valence electrons. The Kier molecular flexibility index (Phi) is 5.02. The molecule has 0 bridgehead atoms. The first-order valence-corrected chi connectivity index (χ1v) is 6.46. The Morgan fingerprint density at radius 2 is 2.00 bits per heavy atom. The van der Waals surface area contributed by atoms with Crippen LogP contribution in [0.25, 0.3) is 0 Å². The van der Waals surface area contributed by atoms with E-state index in [1.165, 1.54) is 0 Å². The van der Waals surface area contributed by atoms with Crippen molar-refractivity contribution in [2.24, 2.45) is 17.8 Å². The minimum Gasteiger partial charge on any atom is -0.299 e. The summed E-state index contributed by atoms with van der Waals surface area (Å²) in [5.74, 6) is -1.67. The summed E-state index contributed by atoms with van der Waals surface area (Å²) < 4.78 is 37.8. The molecule has 3 unspecified atom stereocenters. The van der Waals surface area contributed by atoms with E-state index in [-0.39, 0.29) is 30.5 Å². The van der Waals surface area contributed by atoms with Crippen molar-refractivity contribution in [2.75, 3.05) is 0 Å². The molecule has 0 aromatic rings. The molecule has 1 nitrogen and oxygen atoms in total. The van der Waals surface area contributed by atoms with Gasteiger partial charge in [-0.25, -0.2) is 0 Å². The molecule has 0 amide bonds. The van der Waals surface area contributed by atoms with Gasteiger partial charge in [0.1, 0.15) is 5.78 Å². The maximum Gasteiger partial charge on any atom is 0.391 e. The maximum atomic E-state index is 12.6. The molecule has 0 aromatic heterocycles. The lowest BCUT2D eigenvalue weighted by Gasteiger charge is -2.31. The molecule has 0 aliphatic heterocycles. The Bertz CT molecular complexity index is 260. The van der Waals surface area contributed by atoms with Crippen molar-refractivity contribution in [3.63, 3.8) is 0 Å². The smallest absolute Gasteiger partial charge is 0.299 e. The number of Topliss-reactive ketones (excluding diaryl/α,β-unsaturated/α-hetero) is 1. The predicted octanol–water partition coefficient (Wildman–Crippen LogP) is 4.36. The molecular formula is C13H21F3O. The molecule has 4 heteroatoms. The molecular weight excluding hydrogens is 229 g/mol. The molecule has 0 radical (unpaired) electrons. The average Bonchev–Trinajstić information content (AvgIpc) is 2.27. The highest BCUT2D eigenvalue weighted by molar-refractivity contribution is 5.83. The zero-order valence-corrected chi connectivity index (χ0v) is 10.5. The van der Waals surface area contributed by atoms with Crippen molar-refractivity contribution in [1.29, 1.82) is 0 Å². The molecule has 1 saturated carbocycles. The van der Waals surface area contributed by atoms with Crippen molar-refractivity contribution >= 4 is 5.78 Å². The first-order valence-electron chi connectivity index (χ1n) is 6.46. The van der Waals surface area contributed by atoms with Crippen LogP contribution < -0.4 is 0 Å². The van der Waals surface area contributed by atoms with Crippen molar-refractivity contribution < 1.29 is 18.0 Å². The lowest BCUT2D eigenvalue weighted by Crippen LogP contribution is -2.33. The minimum absolute atomic E-state index is 0.0103. The molecule has 0 aromatic carbocycles. The number of halogens is 3. The van der Waals surface area contributed by atoms with Gasteiger partial charge in [-0.05, 0) is 25.7 Å². The van der Waals surface area contributed by atoms with Gasteiger partial charge in [-0.1, -0.05) is 26.7 Å². The van der Waals surface area contributed by atoms with Crippen molar-refractivity contribution in [1.82, 2.24) is 0 Å². The summed E-state index contributed by atoms with van der Waals surface area (Å²) >= 11 is 0. The van der Waals surface area contributed by atoms with E-state index in [9.17, 15) is 18.0 Å². The second kappa shape index (κ2) is 5.87. The summed E-state index contributed by atoms with van der Waals surface area (Å²) in [7, 11) is 0.